The lowest BCUT2D eigenvalue weighted by Gasteiger charge is -2.05. The highest BCUT2D eigenvalue weighted by atomic mass is 35.5. The summed E-state index contributed by atoms with van der Waals surface area (Å²) in [5.74, 6) is 0.0631. The Kier molecular flexibility index (Phi) is 5.01. The molecule has 23 heavy (non-hydrogen) atoms. The molecule has 0 unspecified atom stereocenters. The summed E-state index contributed by atoms with van der Waals surface area (Å²) < 4.78 is 0.722. The number of aliphatic imine (C=N–C) groups is 1. The van der Waals surface area contributed by atoms with Gasteiger partial charge in [0.05, 0.1) is 10.0 Å². The highest BCUT2D eigenvalue weighted by Gasteiger charge is 2.11. The van der Waals surface area contributed by atoms with Crippen molar-refractivity contribution in [2.75, 3.05) is 0 Å². The summed E-state index contributed by atoms with van der Waals surface area (Å²) in [4.78, 5) is 18.0. The number of carbonyl (C=O) groups excluding carboxylic acids is 1. The smallest absolute Gasteiger partial charge is 0.169 e. The number of halogens is 1. The quantitative estimate of drug-likeness (QED) is 0.441. The van der Waals surface area contributed by atoms with Crippen LogP contribution in [-0.2, 0) is 6.42 Å². The Bertz CT molecular complexity index is 839. The molecule has 0 amide bonds. The number of nitrogens with zero attached hydrogens (tertiary/aromatic N) is 1. The molecule has 1 aromatic heterocycles. The number of thiophene rings is 1. The number of ketones is 1. The lowest BCUT2D eigenvalue weighted by atomic mass is 10.0. The number of para-hydroxylation sites is 1. The molecule has 2 nitrogen and oxygen atoms in total. The minimum atomic E-state index is 0.0631. The number of carbonyl (C=O) groups is 1. The van der Waals surface area contributed by atoms with E-state index in [-0.39, 0.29) is 5.78 Å². The van der Waals surface area contributed by atoms with E-state index < -0.39 is 0 Å². The van der Waals surface area contributed by atoms with E-state index in [1.165, 1.54) is 11.3 Å². The highest BCUT2D eigenvalue weighted by Crippen LogP contribution is 2.23. The Morgan fingerprint density at radius 3 is 2.48 bits per heavy atom. The van der Waals surface area contributed by atoms with Gasteiger partial charge in [-0.3, -0.25) is 9.79 Å². The zero-order valence-electron chi connectivity index (χ0n) is 12.3. The van der Waals surface area contributed by atoms with Crippen LogP contribution >= 0.6 is 22.9 Å². The third-order valence-electron chi connectivity index (χ3n) is 3.34. The Labute approximate surface area is 144 Å². The van der Waals surface area contributed by atoms with Gasteiger partial charge >= 0.3 is 0 Å². The van der Waals surface area contributed by atoms with E-state index in [2.05, 4.69) is 4.99 Å². The average Bonchev–Trinajstić information content (AvgIpc) is 2.99. The van der Waals surface area contributed by atoms with Crippen LogP contribution in [0.4, 0.5) is 5.69 Å². The molecular formula is C19H14ClNOS. The maximum atomic E-state index is 12.6. The number of Topliss-reactive ketones (excluding diaryl/α,β-unsaturated/α-hetero) is 1. The summed E-state index contributed by atoms with van der Waals surface area (Å²) in [6.07, 6.45) is 2.11. The molecule has 0 N–H and O–H groups in total. The van der Waals surface area contributed by atoms with Crippen LogP contribution in [0.1, 0.15) is 20.8 Å². The van der Waals surface area contributed by atoms with Crippen LogP contribution in [0.25, 0.3) is 0 Å². The average molecular weight is 340 g/mol. The first kappa shape index (κ1) is 15.7. The Morgan fingerprint density at radius 1 is 1.00 bits per heavy atom. The molecule has 1 heterocycles. The standard InChI is InChI=1S/C19H14ClNOS/c20-19-11-10-15(23-19)13-21-17-9-5-4-8-16(17)18(22)12-14-6-2-1-3-7-14/h1-11,13H,12H2. The maximum Gasteiger partial charge on any atom is 0.169 e. The summed E-state index contributed by atoms with van der Waals surface area (Å²) in [6, 6.07) is 20.9. The van der Waals surface area contributed by atoms with Crippen LogP contribution in [0.15, 0.2) is 71.7 Å². The molecule has 0 atom stereocenters. The van der Waals surface area contributed by atoms with Crippen molar-refractivity contribution in [3.63, 3.8) is 0 Å². The highest BCUT2D eigenvalue weighted by molar-refractivity contribution is 7.17. The van der Waals surface area contributed by atoms with Gasteiger partial charge in [-0.1, -0.05) is 54.1 Å². The van der Waals surface area contributed by atoms with E-state index in [1.807, 2.05) is 66.7 Å². The van der Waals surface area contributed by atoms with Gasteiger partial charge in [-0.25, -0.2) is 0 Å². The maximum absolute atomic E-state index is 12.6. The molecule has 0 radical (unpaired) electrons. The van der Waals surface area contributed by atoms with E-state index in [9.17, 15) is 4.79 Å². The lowest BCUT2D eigenvalue weighted by Crippen LogP contribution is -2.03. The Hall–Kier alpha value is -2.23. The summed E-state index contributed by atoms with van der Waals surface area (Å²) in [5, 5.41) is 0. The molecule has 114 valence electrons. The molecule has 3 aromatic rings. The molecular weight excluding hydrogens is 326 g/mol. The van der Waals surface area contributed by atoms with Crippen LogP contribution < -0.4 is 0 Å². The van der Waals surface area contributed by atoms with Gasteiger partial charge in [-0.15, -0.1) is 11.3 Å². The predicted molar refractivity (Wildman–Crippen MR) is 97.5 cm³/mol. The first-order valence-corrected chi connectivity index (χ1v) is 8.37. The Balaban J connectivity index is 1.82. The molecule has 0 aliphatic heterocycles. The Morgan fingerprint density at radius 2 is 1.74 bits per heavy atom. The van der Waals surface area contributed by atoms with Crippen molar-refractivity contribution >= 4 is 40.6 Å². The van der Waals surface area contributed by atoms with E-state index in [0.717, 1.165) is 14.8 Å². The number of benzene rings is 2. The zero-order valence-corrected chi connectivity index (χ0v) is 13.8. The van der Waals surface area contributed by atoms with Crippen molar-refractivity contribution in [2.24, 2.45) is 4.99 Å². The van der Waals surface area contributed by atoms with Crippen LogP contribution in [0.5, 0.6) is 0 Å². The van der Waals surface area contributed by atoms with Crippen molar-refractivity contribution in [1.29, 1.82) is 0 Å². The van der Waals surface area contributed by atoms with Crippen LogP contribution in [-0.4, -0.2) is 12.0 Å². The molecule has 3 rings (SSSR count). The minimum Gasteiger partial charge on any atom is -0.294 e. The molecule has 0 aliphatic carbocycles. The third-order valence-corrected chi connectivity index (χ3v) is 4.50. The normalized spacial score (nSPS) is 11.0. The zero-order chi connectivity index (χ0) is 16.1. The number of hydrogen-bond acceptors (Lipinski definition) is 3. The first-order valence-electron chi connectivity index (χ1n) is 7.18. The van der Waals surface area contributed by atoms with E-state index in [4.69, 9.17) is 11.6 Å². The largest absolute Gasteiger partial charge is 0.294 e. The molecule has 0 bridgehead atoms. The topological polar surface area (TPSA) is 29.4 Å². The second kappa shape index (κ2) is 7.36. The summed E-state index contributed by atoms with van der Waals surface area (Å²) in [5.41, 5.74) is 2.31. The minimum absolute atomic E-state index is 0.0631. The second-order valence-corrected chi connectivity index (χ2v) is 6.75. The first-order chi connectivity index (χ1) is 11.2. The van der Waals surface area contributed by atoms with Gasteiger partial charge in [0, 0.05) is 23.1 Å². The number of rotatable bonds is 5. The lowest BCUT2D eigenvalue weighted by molar-refractivity contribution is 0.0993. The van der Waals surface area contributed by atoms with Crippen molar-refractivity contribution in [3.05, 3.63) is 87.1 Å². The summed E-state index contributed by atoms with van der Waals surface area (Å²) >= 11 is 7.37. The van der Waals surface area contributed by atoms with Gasteiger partial charge in [0.15, 0.2) is 5.78 Å². The SMILES string of the molecule is O=C(Cc1ccccc1)c1ccccc1N=Cc1ccc(Cl)s1. The molecule has 0 saturated heterocycles. The molecule has 2 aromatic carbocycles. The van der Waals surface area contributed by atoms with Gasteiger partial charge in [-0.05, 0) is 29.8 Å². The molecule has 0 fully saturated rings. The second-order valence-electron chi connectivity index (χ2n) is 5.00. The van der Waals surface area contributed by atoms with Gasteiger partial charge < -0.3 is 0 Å². The van der Waals surface area contributed by atoms with E-state index in [0.29, 0.717) is 17.7 Å². The van der Waals surface area contributed by atoms with Crippen LogP contribution in [0.3, 0.4) is 0 Å². The van der Waals surface area contributed by atoms with Gasteiger partial charge in [-0.2, -0.15) is 0 Å². The molecule has 0 spiro atoms. The predicted octanol–water partition coefficient (Wildman–Crippen LogP) is 5.58. The monoisotopic (exact) mass is 339 g/mol. The number of hydrogen-bond donors (Lipinski definition) is 0. The fraction of sp³-hybridized carbons (Fsp3) is 0.0526. The van der Waals surface area contributed by atoms with Crippen molar-refractivity contribution in [3.8, 4) is 0 Å². The van der Waals surface area contributed by atoms with Crippen LogP contribution in [0, 0.1) is 0 Å². The van der Waals surface area contributed by atoms with E-state index in [1.54, 1.807) is 6.21 Å². The van der Waals surface area contributed by atoms with Gasteiger partial charge in [0.25, 0.3) is 0 Å². The van der Waals surface area contributed by atoms with Gasteiger partial charge in [0.1, 0.15) is 0 Å². The van der Waals surface area contributed by atoms with Crippen molar-refractivity contribution < 1.29 is 4.79 Å². The van der Waals surface area contributed by atoms with E-state index >= 15 is 0 Å². The summed E-state index contributed by atoms with van der Waals surface area (Å²) in [7, 11) is 0. The van der Waals surface area contributed by atoms with Crippen molar-refractivity contribution in [1.82, 2.24) is 0 Å². The fourth-order valence-electron chi connectivity index (χ4n) is 2.23. The molecule has 0 saturated carbocycles. The van der Waals surface area contributed by atoms with Gasteiger partial charge in [0.2, 0.25) is 0 Å². The molecule has 4 heteroatoms. The van der Waals surface area contributed by atoms with Crippen LogP contribution in [0.2, 0.25) is 4.34 Å². The molecule has 0 aliphatic rings. The van der Waals surface area contributed by atoms with Crippen molar-refractivity contribution in [2.45, 2.75) is 6.42 Å². The third kappa shape index (κ3) is 4.15. The fourth-order valence-corrected chi connectivity index (χ4v) is 3.16. The summed E-state index contributed by atoms with van der Waals surface area (Å²) in [6.45, 7) is 0.